The summed E-state index contributed by atoms with van der Waals surface area (Å²) in [5, 5.41) is 3.91. The van der Waals surface area contributed by atoms with Gasteiger partial charge in [-0.05, 0) is 31.2 Å². The third-order valence-electron chi connectivity index (χ3n) is 3.00. The maximum atomic E-state index is 12.0. The highest BCUT2D eigenvalue weighted by atomic mass is 35.5. The SMILES string of the molecule is C[C@@H]1CNCCN1C(=O)COc1ccc(Cl)cc1.Cl. The molecule has 1 amide bonds. The highest BCUT2D eigenvalue weighted by molar-refractivity contribution is 6.30. The Morgan fingerprint density at radius 3 is 2.79 bits per heavy atom. The summed E-state index contributed by atoms with van der Waals surface area (Å²) in [6.07, 6.45) is 0. The molecule has 19 heavy (non-hydrogen) atoms. The maximum Gasteiger partial charge on any atom is 0.260 e. The molecule has 1 atom stereocenters. The van der Waals surface area contributed by atoms with Crippen molar-refractivity contribution in [3.63, 3.8) is 0 Å². The molecule has 4 nitrogen and oxygen atoms in total. The van der Waals surface area contributed by atoms with Crippen molar-refractivity contribution in [2.75, 3.05) is 26.2 Å². The fraction of sp³-hybridized carbons (Fsp3) is 0.462. The van der Waals surface area contributed by atoms with Crippen LogP contribution >= 0.6 is 24.0 Å². The van der Waals surface area contributed by atoms with Crippen molar-refractivity contribution < 1.29 is 9.53 Å². The lowest BCUT2D eigenvalue weighted by molar-refractivity contribution is -0.136. The molecule has 106 valence electrons. The van der Waals surface area contributed by atoms with E-state index < -0.39 is 0 Å². The molecule has 1 aliphatic rings. The van der Waals surface area contributed by atoms with Crippen LogP contribution in [0.5, 0.6) is 5.75 Å². The smallest absolute Gasteiger partial charge is 0.260 e. The Labute approximate surface area is 124 Å². The van der Waals surface area contributed by atoms with E-state index in [9.17, 15) is 4.79 Å². The van der Waals surface area contributed by atoms with E-state index in [-0.39, 0.29) is 31.0 Å². The molecule has 1 aliphatic heterocycles. The van der Waals surface area contributed by atoms with Crippen molar-refractivity contribution in [3.05, 3.63) is 29.3 Å². The van der Waals surface area contributed by atoms with Gasteiger partial charge in [-0.2, -0.15) is 0 Å². The third kappa shape index (κ3) is 4.56. The zero-order chi connectivity index (χ0) is 13.0. The molecule has 1 saturated heterocycles. The van der Waals surface area contributed by atoms with Gasteiger partial charge in [-0.3, -0.25) is 4.79 Å². The molecule has 0 radical (unpaired) electrons. The van der Waals surface area contributed by atoms with Gasteiger partial charge in [-0.25, -0.2) is 0 Å². The molecular formula is C13H18Cl2N2O2. The molecule has 1 aromatic carbocycles. The molecule has 2 rings (SSSR count). The van der Waals surface area contributed by atoms with Crippen molar-refractivity contribution in [2.24, 2.45) is 0 Å². The van der Waals surface area contributed by atoms with Crippen LogP contribution in [0.1, 0.15) is 6.92 Å². The minimum absolute atomic E-state index is 0. The molecule has 0 aromatic heterocycles. The molecule has 0 spiro atoms. The Balaban J connectivity index is 0.00000180. The van der Waals surface area contributed by atoms with E-state index in [0.29, 0.717) is 10.8 Å². The number of rotatable bonds is 3. The molecule has 1 heterocycles. The van der Waals surface area contributed by atoms with Crippen molar-refractivity contribution in [1.29, 1.82) is 0 Å². The number of nitrogens with zero attached hydrogens (tertiary/aromatic N) is 1. The van der Waals surface area contributed by atoms with Crippen LogP contribution in [0.2, 0.25) is 5.02 Å². The fourth-order valence-corrected chi connectivity index (χ4v) is 2.10. The van der Waals surface area contributed by atoms with E-state index in [2.05, 4.69) is 5.32 Å². The summed E-state index contributed by atoms with van der Waals surface area (Å²) in [6.45, 7) is 4.53. The Bertz CT molecular complexity index is 412. The second-order valence-corrected chi connectivity index (χ2v) is 4.82. The zero-order valence-electron chi connectivity index (χ0n) is 10.8. The average molecular weight is 305 g/mol. The van der Waals surface area contributed by atoms with E-state index in [4.69, 9.17) is 16.3 Å². The summed E-state index contributed by atoms with van der Waals surface area (Å²) in [6, 6.07) is 7.23. The van der Waals surface area contributed by atoms with Gasteiger partial charge in [0, 0.05) is 30.7 Å². The quantitative estimate of drug-likeness (QED) is 0.928. The van der Waals surface area contributed by atoms with Gasteiger partial charge in [-0.15, -0.1) is 12.4 Å². The number of nitrogens with one attached hydrogen (secondary N) is 1. The van der Waals surface area contributed by atoms with E-state index in [1.165, 1.54) is 0 Å². The standard InChI is InChI=1S/C13H17ClN2O2.ClH/c1-10-8-15-6-7-16(10)13(17)9-18-12-4-2-11(14)3-5-12;/h2-5,10,15H,6-9H2,1H3;1H/t10-;/m1./s1. The van der Waals surface area contributed by atoms with E-state index in [1.807, 2.05) is 11.8 Å². The molecule has 1 fully saturated rings. The van der Waals surface area contributed by atoms with Gasteiger partial charge >= 0.3 is 0 Å². The van der Waals surface area contributed by atoms with E-state index in [1.54, 1.807) is 24.3 Å². The predicted octanol–water partition coefficient (Wildman–Crippen LogP) is 1.96. The Kier molecular flexibility index (Phi) is 6.42. The fourth-order valence-electron chi connectivity index (χ4n) is 1.97. The number of piperazine rings is 1. The molecular weight excluding hydrogens is 287 g/mol. The Morgan fingerprint density at radius 2 is 2.16 bits per heavy atom. The number of halogens is 2. The first-order valence-corrected chi connectivity index (χ1v) is 6.43. The van der Waals surface area contributed by atoms with Crippen LogP contribution in [0.25, 0.3) is 0 Å². The van der Waals surface area contributed by atoms with Crippen LogP contribution in [-0.4, -0.2) is 43.1 Å². The maximum absolute atomic E-state index is 12.0. The average Bonchev–Trinajstić information content (AvgIpc) is 2.38. The van der Waals surface area contributed by atoms with Crippen LogP contribution in [0.4, 0.5) is 0 Å². The topological polar surface area (TPSA) is 41.6 Å². The zero-order valence-corrected chi connectivity index (χ0v) is 12.3. The van der Waals surface area contributed by atoms with E-state index >= 15 is 0 Å². The van der Waals surface area contributed by atoms with Gasteiger partial charge in [0.05, 0.1) is 0 Å². The lowest BCUT2D eigenvalue weighted by Crippen LogP contribution is -2.53. The molecule has 0 saturated carbocycles. The Morgan fingerprint density at radius 1 is 1.47 bits per heavy atom. The summed E-state index contributed by atoms with van der Waals surface area (Å²) in [7, 11) is 0. The lowest BCUT2D eigenvalue weighted by atomic mass is 10.2. The van der Waals surface area contributed by atoms with Crippen LogP contribution in [-0.2, 0) is 4.79 Å². The second kappa shape index (κ2) is 7.58. The molecule has 6 heteroatoms. The number of ether oxygens (including phenoxy) is 1. The van der Waals surface area contributed by atoms with Gasteiger partial charge in [-0.1, -0.05) is 11.6 Å². The summed E-state index contributed by atoms with van der Waals surface area (Å²) >= 11 is 5.78. The van der Waals surface area contributed by atoms with Crippen molar-refractivity contribution in [2.45, 2.75) is 13.0 Å². The number of carbonyl (C=O) groups is 1. The van der Waals surface area contributed by atoms with Crippen LogP contribution in [0.15, 0.2) is 24.3 Å². The molecule has 1 N–H and O–H groups in total. The van der Waals surface area contributed by atoms with Gasteiger partial charge < -0.3 is 15.0 Å². The highest BCUT2D eigenvalue weighted by Crippen LogP contribution is 2.15. The predicted molar refractivity (Wildman–Crippen MR) is 78.2 cm³/mol. The highest BCUT2D eigenvalue weighted by Gasteiger charge is 2.22. The third-order valence-corrected chi connectivity index (χ3v) is 3.25. The first-order valence-electron chi connectivity index (χ1n) is 6.05. The second-order valence-electron chi connectivity index (χ2n) is 4.38. The molecule has 0 aliphatic carbocycles. The van der Waals surface area contributed by atoms with Crippen molar-refractivity contribution in [1.82, 2.24) is 10.2 Å². The molecule has 0 bridgehead atoms. The van der Waals surface area contributed by atoms with Gasteiger partial charge in [0.15, 0.2) is 6.61 Å². The summed E-state index contributed by atoms with van der Waals surface area (Å²) in [5.74, 6) is 0.689. The minimum Gasteiger partial charge on any atom is -0.484 e. The van der Waals surface area contributed by atoms with Crippen molar-refractivity contribution >= 4 is 29.9 Å². The van der Waals surface area contributed by atoms with Gasteiger partial charge in [0.1, 0.15) is 5.75 Å². The molecule has 1 aromatic rings. The minimum atomic E-state index is 0. The van der Waals surface area contributed by atoms with Gasteiger partial charge in [0.25, 0.3) is 5.91 Å². The van der Waals surface area contributed by atoms with E-state index in [0.717, 1.165) is 19.6 Å². The Hall–Kier alpha value is -0.970. The number of benzene rings is 1. The monoisotopic (exact) mass is 304 g/mol. The number of hydrogen-bond acceptors (Lipinski definition) is 3. The largest absolute Gasteiger partial charge is 0.484 e. The normalized spacial score (nSPS) is 18.6. The first kappa shape index (κ1) is 16.1. The number of carbonyl (C=O) groups excluding carboxylic acids is 1. The lowest BCUT2D eigenvalue weighted by Gasteiger charge is -2.33. The number of hydrogen-bond donors (Lipinski definition) is 1. The van der Waals surface area contributed by atoms with Crippen LogP contribution < -0.4 is 10.1 Å². The van der Waals surface area contributed by atoms with Crippen LogP contribution in [0.3, 0.4) is 0 Å². The van der Waals surface area contributed by atoms with Gasteiger partial charge in [0.2, 0.25) is 0 Å². The number of amides is 1. The molecule has 0 unspecified atom stereocenters. The van der Waals surface area contributed by atoms with Crippen molar-refractivity contribution in [3.8, 4) is 5.75 Å². The first-order chi connectivity index (χ1) is 8.66. The summed E-state index contributed by atoms with van der Waals surface area (Å²) < 4.78 is 5.45. The summed E-state index contributed by atoms with van der Waals surface area (Å²) in [5.41, 5.74) is 0. The van der Waals surface area contributed by atoms with Crippen LogP contribution in [0, 0.1) is 0 Å². The summed E-state index contributed by atoms with van der Waals surface area (Å²) in [4.78, 5) is 13.8.